The monoisotopic (exact) mass is 377 g/mol. The number of amides is 1. The predicted molar refractivity (Wildman–Crippen MR) is 120 cm³/mol. The SMILES string of the molecule is CC.CC.CC1CCCC(C)(C)C1.NCCC(N)=NC(=O)c1ccccc1. The molecule has 0 aliphatic heterocycles. The van der Waals surface area contributed by atoms with Crippen LogP contribution in [0.4, 0.5) is 0 Å². The summed E-state index contributed by atoms with van der Waals surface area (Å²) in [6, 6.07) is 8.79. The average molecular weight is 378 g/mol. The van der Waals surface area contributed by atoms with Gasteiger partial charge in [-0.3, -0.25) is 4.79 Å². The Morgan fingerprint density at radius 1 is 1.15 bits per heavy atom. The van der Waals surface area contributed by atoms with Crippen LogP contribution < -0.4 is 11.5 Å². The molecule has 1 saturated carbocycles. The molecule has 1 aliphatic rings. The van der Waals surface area contributed by atoms with Crippen molar-refractivity contribution in [3.63, 3.8) is 0 Å². The lowest BCUT2D eigenvalue weighted by molar-refractivity contribution is 0.100. The predicted octanol–water partition coefficient (Wildman–Crippen LogP) is 5.81. The normalized spacial score (nSPS) is 17.8. The lowest BCUT2D eigenvalue weighted by atomic mass is 9.73. The molecule has 0 radical (unpaired) electrons. The summed E-state index contributed by atoms with van der Waals surface area (Å²) in [5, 5.41) is 0. The molecule has 1 unspecified atom stereocenters. The van der Waals surface area contributed by atoms with Crippen molar-refractivity contribution in [2.45, 2.75) is 80.6 Å². The van der Waals surface area contributed by atoms with Crippen LogP contribution in [0.2, 0.25) is 0 Å². The van der Waals surface area contributed by atoms with E-state index in [0.29, 0.717) is 23.9 Å². The van der Waals surface area contributed by atoms with Crippen LogP contribution in [0, 0.1) is 11.3 Å². The van der Waals surface area contributed by atoms with Crippen LogP contribution in [-0.2, 0) is 0 Å². The van der Waals surface area contributed by atoms with Gasteiger partial charge >= 0.3 is 0 Å². The number of hydrogen-bond acceptors (Lipinski definition) is 2. The minimum atomic E-state index is -0.323. The standard InChI is InChI=1S/C10H13N3O.C9H18.2C2H6/c11-7-6-9(12)13-10(14)8-4-2-1-3-5-8;1-8-5-4-6-9(2,3)7-8;2*1-2/h1-5H,6-7,11H2,(H2,12,13,14);8H,4-7H2,1-3H3;2*1-2H3. The van der Waals surface area contributed by atoms with E-state index in [9.17, 15) is 4.79 Å². The first-order chi connectivity index (χ1) is 12.8. The second kappa shape index (κ2) is 16.5. The largest absolute Gasteiger partial charge is 0.387 e. The number of nitrogens with two attached hydrogens (primary N) is 2. The number of benzene rings is 1. The molecule has 1 aliphatic carbocycles. The van der Waals surface area contributed by atoms with Crippen LogP contribution in [0.25, 0.3) is 0 Å². The van der Waals surface area contributed by atoms with Gasteiger partial charge in [0, 0.05) is 12.0 Å². The molecule has 2 rings (SSSR count). The van der Waals surface area contributed by atoms with Crippen molar-refractivity contribution < 1.29 is 4.79 Å². The fourth-order valence-electron chi connectivity index (χ4n) is 3.06. The molecule has 1 aromatic carbocycles. The zero-order chi connectivity index (χ0) is 21.3. The van der Waals surface area contributed by atoms with E-state index < -0.39 is 0 Å². The van der Waals surface area contributed by atoms with E-state index in [4.69, 9.17) is 11.5 Å². The summed E-state index contributed by atoms with van der Waals surface area (Å²) in [5.41, 5.74) is 11.9. The van der Waals surface area contributed by atoms with Gasteiger partial charge in [-0.1, -0.05) is 79.5 Å². The first kappa shape index (κ1) is 27.5. The fourth-order valence-corrected chi connectivity index (χ4v) is 3.06. The number of rotatable bonds is 3. The molecule has 4 heteroatoms. The number of carbonyl (C=O) groups excluding carboxylic acids is 1. The van der Waals surface area contributed by atoms with Crippen LogP contribution in [-0.4, -0.2) is 18.3 Å². The number of amidine groups is 1. The molecule has 0 spiro atoms. The summed E-state index contributed by atoms with van der Waals surface area (Å²) in [6.45, 7) is 15.6. The molecule has 1 fully saturated rings. The number of hydrogen-bond donors (Lipinski definition) is 2. The molecule has 156 valence electrons. The highest BCUT2D eigenvalue weighted by Gasteiger charge is 2.24. The third kappa shape index (κ3) is 14.1. The summed E-state index contributed by atoms with van der Waals surface area (Å²) in [5.74, 6) is 0.937. The molecule has 0 bridgehead atoms. The van der Waals surface area contributed by atoms with E-state index in [1.807, 2.05) is 33.8 Å². The van der Waals surface area contributed by atoms with Crippen molar-refractivity contribution >= 4 is 11.7 Å². The van der Waals surface area contributed by atoms with Crippen LogP contribution in [0.3, 0.4) is 0 Å². The van der Waals surface area contributed by atoms with E-state index in [-0.39, 0.29) is 11.7 Å². The molecule has 4 N–H and O–H groups in total. The molecule has 1 aromatic rings. The summed E-state index contributed by atoms with van der Waals surface area (Å²) in [7, 11) is 0. The first-order valence-electron chi connectivity index (χ1n) is 10.5. The van der Waals surface area contributed by atoms with Gasteiger partial charge in [0.05, 0.1) is 0 Å². The van der Waals surface area contributed by atoms with E-state index in [1.165, 1.54) is 25.7 Å². The van der Waals surface area contributed by atoms with Crippen molar-refractivity contribution in [1.82, 2.24) is 0 Å². The van der Waals surface area contributed by atoms with Gasteiger partial charge < -0.3 is 11.5 Å². The highest BCUT2D eigenvalue weighted by Crippen LogP contribution is 2.37. The van der Waals surface area contributed by atoms with E-state index >= 15 is 0 Å². The molecule has 0 heterocycles. The zero-order valence-electron chi connectivity index (χ0n) is 18.7. The van der Waals surface area contributed by atoms with Gasteiger partial charge in [-0.25, -0.2) is 0 Å². The second-order valence-corrected chi connectivity index (χ2v) is 7.18. The quantitative estimate of drug-likeness (QED) is 0.515. The average Bonchev–Trinajstić information content (AvgIpc) is 2.65. The van der Waals surface area contributed by atoms with Crippen molar-refractivity contribution in [3.8, 4) is 0 Å². The molecule has 4 nitrogen and oxygen atoms in total. The molecule has 0 aromatic heterocycles. The Labute approximate surface area is 167 Å². The summed E-state index contributed by atoms with van der Waals surface area (Å²) >= 11 is 0. The van der Waals surface area contributed by atoms with Gasteiger partial charge in [-0.2, -0.15) is 4.99 Å². The number of aliphatic imine (C=N–C) groups is 1. The highest BCUT2D eigenvalue weighted by atomic mass is 16.1. The van der Waals surface area contributed by atoms with Gasteiger partial charge in [0.2, 0.25) is 0 Å². The topological polar surface area (TPSA) is 81.5 Å². The molecule has 1 amide bonds. The van der Waals surface area contributed by atoms with E-state index in [0.717, 1.165) is 5.92 Å². The Balaban J connectivity index is 0. The Morgan fingerprint density at radius 2 is 1.70 bits per heavy atom. The molecule has 27 heavy (non-hydrogen) atoms. The van der Waals surface area contributed by atoms with Crippen LogP contribution in [0.5, 0.6) is 0 Å². The fraction of sp³-hybridized carbons (Fsp3) is 0.652. The van der Waals surface area contributed by atoms with Crippen molar-refractivity contribution in [1.29, 1.82) is 0 Å². The minimum Gasteiger partial charge on any atom is -0.387 e. The maximum Gasteiger partial charge on any atom is 0.278 e. The van der Waals surface area contributed by atoms with Gasteiger partial charge in [-0.15, -0.1) is 0 Å². The third-order valence-corrected chi connectivity index (χ3v) is 4.12. The zero-order valence-corrected chi connectivity index (χ0v) is 18.7. The molecule has 0 saturated heterocycles. The molecular weight excluding hydrogens is 334 g/mol. The maximum absolute atomic E-state index is 11.4. The lowest BCUT2D eigenvalue weighted by Gasteiger charge is -2.33. The Bertz CT molecular complexity index is 510. The first-order valence-corrected chi connectivity index (χ1v) is 10.5. The molecule has 1 atom stereocenters. The second-order valence-electron chi connectivity index (χ2n) is 7.18. The van der Waals surface area contributed by atoms with E-state index in [2.05, 4.69) is 25.8 Å². The van der Waals surface area contributed by atoms with E-state index in [1.54, 1.807) is 24.3 Å². The molecular formula is C23H43N3O. The van der Waals surface area contributed by atoms with Crippen LogP contribution >= 0.6 is 0 Å². The van der Waals surface area contributed by atoms with Gasteiger partial charge in [-0.05, 0) is 42.9 Å². The van der Waals surface area contributed by atoms with Crippen molar-refractivity contribution in [3.05, 3.63) is 35.9 Å². The summed E-state index contributed by atoms with van der Waals surface area (Å²) < 4.78 is 0. The Morgan fingerprint density at radius 3 is 2.11 bits per heavy atom. The summed E-state index contributed by atoms with van der Waals surface area (Å²) in [4.78, 5) is 15.1. The van der Waals surface area contributed by atoms with Gasteiger partial charge in [0.25, 0.3) is 5.91 Å². The number of nitrogens with zero attached hydrogens (tertiary/aromatic N) is 1. The lowest BCUT2D eigenvalue weighted by Crippen LogP contribution is -2.20. The van der Waals surface area contributed by atoms with Crippen molar-refractivity contribution in [2.24, 2.45) is 27.8 Å². The van der Waals surface area contributed by atoms with Crippen LogP contribution in [0.1, 0.15) is 90.9 Å². The number of carbonyl (C=O) groups is 1. The third-order valence-electron chi connectivity index (χ3n) is 4.12. The maximum atomic E-state index is 11.4. The van der Waals surface area contributed by atoms with Crippen molar-refractivity contribution in [2.75, 3.05) is 6.54 Å². The smallest absolute Gasteiger partial charge is 0.278 e. The Kier molecular flexibility index (Phi) is 16.8. The Hall–Kier alpha value is -1.68. The van der Waals surface area contributed by atoms with Gasteiger partial charge in [0.1, 0.15) is 5.84 Å². The van der Waals surface area contributed by atoms with Crippen LogP contribution in [0.15, 0.2) is 35.3 Å². The highest BCUT2D eigenvalue weighted by molar-refractivity contribution is 6.02. The minimum absolute atomic E-state index is 0.279. The summed E-state index contributed by atoms with van der Waals surface area (Å²) in [6.07, 6.45) is 6.24. The van der Waals surface area contributed by atoms with Gasteiger partial charge in [0.15, 0.2) is 0 Å².